The summed E-state index contributed by atoms with van der Waals surface area (Å²) in [6, 6.07) is 8.47. The van der Waals surface area contributed by atoms with Crippen molar-refractivity contribution in [1.29, 1.82) is 0 Å². The van der Waals surface area contributed by atoms with E-state index in [2.05, 4.69) is 34.4 Å². The van der Waals surface area contributed by atoms with Crippen LogP contribution in [0.25, 0.3) is 0 Å². The van der Waals surface area contributed by atoms with Gasteiger partial charge in [-0.2, -0.15) is 0 Å². The van der Waals surface area contributed by atoms with E-state index in [0.29, 0.717) is 6.04 Å². The molecule has 0 aliphatic carbocycles. The Balaban J connectivity index is 1.69. The highest BCUT2D eigenvalue weighted by molar-refractivity contribution is 7.10. The minimum absolute atomic E-state index is 0.0453. The average Bonchev–Trinajstić information content (AvgIpc) is 3.11. The molecular formula is C18H25N3O2S. The molecule has 0 radical (unpaired) electrons. The van der Waals surface area contributed by atoms with Crippen LogP contribution in [0.5, 0.6) is 0 Å². The normalized spacial score (nSPS) is 17.3. The van der Waals surface area contributed by atoms with Crippen LogP contribution in [0.15, 0.2) is 40.6 Å². The van der Waals surface area contributed by atoms with E-state index in [9.17, 15) is 4.79 Å². The predicted molar refractivity (Wildman–Crippen MR) is 97.5 cm³/mol. The van der Waals surface area contributed by atoms with Crippen molar-refractivity contribution >= 4 is 11.3 Å². The summed E-state index contributed by atoms with van der Waals surface area (Å²) in [5.74, 6) is 0. The maximum atomic E-state index is 11.8. The second kappa shape index (κ2) is 8.07. The van der Waals surface area contributed by atoms with Gasteiger partial charge in [0.1, 0.15) is 0 Å². The van der Waals surface area contributed by atoms with Gasteiger partial charge in [0.25, 0.3) is 5.56 Å². The lowest BCUT2D eigenvalue weighted by Crippen LogP contribution is -2.42. The molecule has 0 aromatic carbocycles. The predicted octanol–water partition coefficient (Wildman–Crippen LogP) is 1.95. The molecule has 1 saturated heterocycles. The maximum absolute atomic E-state index is 11.8. The van der Waals surface area contributed by atoms with Gasteiger partial charge in [-0.05, 0) is 30.1 Å². The van der Waals surface area contributed by atoms with Crippen LogP contribution in [0, 0.1) is 0 Å². The van der Waals surface area contributed by atoms with Crippen LogP contribution in [-0.2, 0) is 18.3 Å². The van der Waals surface area contributed by atoms with Crippen LogP contribution in [0.3, 0.4) is 0 Å². The fourth-order valence-corrected chi connectivity index (χ4v) is 3.97. The van der Waals surface area contributed by atoms with Gasteiger partial charge in [-0.1, -0.05) is 6.07 Å². The minimum atomic E-state index is 0.0453. The van der Waals surface area contributed by atoms with Gasteiger partial charge in [0.15, 0.2) is 0 Å². The minimum Gasteiger partial charge on any atom is -0.379 e. The van der Waals surface area contributed by atoms with Crippen molar-refractivity contribution < 1.29 is 4.74 Å². The van der Waals surface area contributed by atoms with E-state index in [-0.39, 0.29) is 5.56 Å². The molecule has 0 spiro atoms. The number of hydrogen-bond donors (Lipinski definition) is 0. The monoisotopic (exact) mass is 347 g/mol. The Bertz CT molecular complexity index is 693. The zero-order chi connectivity index (χ0) is 16.9. The summed E-state index contributed by atoms with van der Waals surface area (Å²) in [6.45, 7) is 5.28. The van der Waals surface area contributed by atoms with E-state index in [1.165, 1.54) is 4.88 Å². The van der Waals surface area contributed by atoms with Crippen molar-refractivity contribution in [2.75, 3.05) is 39.9 Å². The first-order valence-electron chi connectivity index (χ1n) is 8.33. The van der Waals surface area contributed by atoms with Gasteiger partial charge in [0.05, 0.1) is 19.3 Å². The Hall–Kier alpha value is -1.47. The number of thiophene rings is 1. The number of likely N-dealkylation sites (N-methyl/N-ethyl adjacent to an activating group) is 1. The SMILES string of the molecule is CN(Cc1ccn(C)c(=O)c1)C[C@H](c1cccs1)N1CCOCC1. The van der Waals surface area contributed by atoms with E-state index >= 15 is 0 Å². The first-order valence-corrected chi connectivity index (χ1v) is 9.21. The molecule has 3 heterocycles. The first kappa shape index (κ1) is 17.4. The molecule has 6 heteroatoms. The second-order valence-corrected chi connectivity index (χ2v) is 7.34. The summed E-state index contributed by atoms with van der Waals surface area (Å²) in [5, 5.41) is 2.14. The lowest BCUT2D eigenvalue weighted by molar-refractivity contribution is 0.00964. The van der Waals surface area contributed by atoms with Crippen molar-refractivity contribution in [3.05, 3.63) is 56.6 Å². The van der Waals surface area contributed by atoms with Gasteiger partial charge >= 0.3 is 0 Å². The summed E-state index contributed by atoms with van der Waals surface area (Å²) in [5.41, 5.74) is 1.11. The van der Waals surface area contributed by atoms with Gasteiger partial charge in [0, 0.05) is 50.4 Å². The third-order valence-electron chi connectivity index (χ3n) is 4.46. The Morgan fingerprint density at radius 3 is 2.79 bits per heavy atom. The van der Waals surface area contributed by atoms with Crippen molar-refractivity contribution in [3.63, 3.8) is 0 Å². The Kier molecular flexibility index (Phi) is 5.84. The largest absolute Gasteiger partial charge is 0.379 e. The molecule has 1 atom stereocenters. The Morgan fingerprint density at radius 2 is 2.12 bits per heavy atom. The van der Waals surface area contributed by atoms with Crippen LogP contribution in [0.1, 0.15) is 16.5 Å². The highest BCUT2D eigenvalue weighted by atomic mass is 32.1. The van der Waals surface area contributed by atoms with E-state index in [1.54, 1.807) is 17.7 Å². The van der Waals surface area contributed by atoms with E-state index in [0.717, 1.165) is 45.0 Å². The molecular weight excluding hydrogens is 322 g/mol. The highest BCUT2D eigenvalue weighted by Crippen LogP contribution is 2.27. The Morgan fingerprint density at radius 1 is 1.33 bits per heavy atom. The molecule has 130 valence electrons. The van der Waals surface area contributed by atoms with Gasteiger partial charge in [-0.3, -0.25) is 9.69 Å². The summed E-state index contributed by atoms with van der Waals surface area (Å²) in [6.07, 6.45) is 1.84. The molecule has 0 unspecified atom stereocenters. The van der Waals surface area contributed by atoms with Gasteiger partial charge in [-0.25, -0.2) is 0 Å². The second-order valence-electron chi connectivity index (χ2n) is 6.36. The smallest absolute Gasteiger partial charge is 0.250 e. The highest BCUT2D eigenvalue weighted by Gasteiger charge is 2.24. The standard InChI is InChI=1S/C18H25N3O2S/c1-19(13-15-5-6-20(2)18(22)12-15)14-16(17-4-3-11-24-17)21-7-9-23-10-8-21/h3-6,11-12,16H,7-10,13-14H2,1-2H3/t16-/m1/s1. The zero-order valence-electron chi connectivity index (χ0n) is 14.4. The lowest BCUT2D eigenvalue weighted by Gasteiger charge is -2.36. The zero-order valence-corrected chi connectivity index (χ0v) is 15.2. The summed E-state index contributed by atoms with van der Waals surface area (Å²) >= 11 is 1.81. The van der Waals surface area contributed by atoms with Gasteiger partial charge in [-0.15, -0.1) is 11.3 Å². The molecule has 5 nitrogen and oxygen atoms in total. The van der Waals surface area contributed by atoms with Crippen molar-refractivity contribution in [3.8, 4) is 0 Å². The number of morpholine rings is 1. The van der Waals surface area contributed by atoms with E-state index in [4.69, 9.17) is 4.74 Å². The number of aryl methyl sites for hydroxylation is 1. The van der Waals surface area contributed by atoms with E-state index < -0.39 is 0 Å². The molecule has 24 heavy (non-hydrogen) atoms. The summed E-state index contributed by atoms with van der Waals surface area (Å²) in [4.78, 5) is 18.0. The number of hydrogen-bond acceptors (Lipinski definition) is 5. The number of rotatable bonds is 6. The Labute approximate surface area is 147 Å². The van der Waals surface area contributed by atoms with Crippen LogP contribution >= 0.6 is 11.3 Å². The molecule has 0 saturated carbocycles. The third kappa shape index (κ3) is 4.33. The molecule has 2 aromatic rings. The lowest BCUT2D eigenvalue weighted by atomic mass is 10.1. The molecule has 1 aliphatic rings. The van der Waals surface area contributed by atoms with E-state index in [1.807, 2.05) is 23.6 Å². The van der Waals surface area contributed by atoms with Crippen LogP contribution in [0.2, 0.25) is 0 Å². The number of ether oxygens (including phenoxy) is 1. The fraction of sp³-hybridized carbons (Fsp3) is 0.500. The average molecular weight is 347 g/mol. The first-order chi connectivity index (χ1) is 11.6. The molecule has 3 rings (SSSR count). The maximum Gasteiger partial charge on any atom is 0.250 e. The molecule has 0 amide bonds. The van der Waals surface area contributed by atoms with Gasteiger partial charge < -0.3 is 14.2 Å². The summed E-state index contributed by atoms with van der Waals surface area (Å²) in [7, 11) is 3.90. The quantitative estimate of drug-likeness (QED) is 0.801. The molecule has 0 bridgehead atoms. The number of nitrogens with zero attached hydrogens (tertiary/aromatic N) is 3. The molecule has 1 fully saturated rings. The fourth-order valence-electron chi connectivity index (χ4n) is 3.11. The van der Waals surface area contributed by atoms with Crippen molar-refractivity contribution in [2.45, 2.75) is 12.6 Å². The van der Waals surface area contributed by atoms with Crippen molar-refractivity contribution in [1.82, 2.24) is 14.4 Å². The van der Waals surface area contributed by atoms with Crippen molar-refractivity contribution in [2.24, 2.45) is 7.05 Å². The number of pyridine rings is 1. The topological polar surface area (TPSA) is 37.7 Å². The molecule has 1 aliphatic heterocycles. The summed E-state index contributed by atoms with van der Waals surface area (Å²) < 4.78 is 7.11. The van der Waals surface area contributed by atoms with Crippen LogP contribution in [0.4, 0.5) is 0 Å². The molecule has 2 aromatic heterocycles. The molecule has 0 N–H and O–H groups in total. The third-order valence-corrected chi connectivity index (χ3v) is 5.44. The van der Waals surface area contributed by atoms with Gasteiger partial charge in [0.2, 0.25) is 0 Å². The number of aromatic nitrogens is 1. The van der Waals surface area contributed by atoms with Crippen LogP contribution in [-0.4, -0.2) is 54.3 Å². The van der Waals surface area contributed by atoms with Crippen LogP contribution < -0.4 is 5.56 Å².